The van der Waals surface area contributed by atoms with Crippen LogP contribution in [0.15, 0.2) is 23.1 Å². The largest absolute Gasteiger partial charge is 0.315 e. The Hall–Kier alpha value is -0.910. The summed E-state index contributed by atoms with van der Waals surface area (Å²) in [5, 5.41) is 3.19. The van der Waals surface area contributed by atoms with E-state index in [1.807, 2.05) is 19.9 Å². The number of benzene rings is 1. The quantitative estimate of drug-likeness (QED) is 0.898. The molecule has 0 bridgehead atoms. The molecule has 1 unspecified atom stereocenters. The molecule has 1 aromatic rings. The molecule has 1 aliphatic rings. The molecule has 1 atom stereocenters. The SMILES string of the molecule is Cc1ccc(S(=O)(=O)N(C)C2CCNC2)cc1C. The second kappa shape index (κ2) is 4.99. The maximum absolute atomic E-state index is 12.5. The van der Waals surface area contributed by atoms with E-state index in [1.54, 1.807) is 19.2 Å². The minimum Gasteiger partial charge on any atom is -0.315 e. The first-order chi connectivity index (χ1) is 8.43. The van der Waals surface area contributed by atoms with Gasteiger partial charge in [0.15, 0.2) is 0 Å². The summed E-state index contributed by atoms with van der Waals surface area (Å²) < 4.78 is 26.5. The van der Waals surface area contributed by atoms with E-state index in [1.165, 1.54) is 4.31 Å². The van der Waals surface area contributed by atoms with E-state index < -0.39 is 10.0 Å². The second-order valence-electron chi connectivity index (χ2n) is 4.91. The Morgan fingerprint density at radius 3 is 2.56 bits per heavy atom. The Balaban J connectivity index is 2.32. The molecule has 0 amide bonds. The van der Waals surface area contributed by atoms with E-state index in [0.717, 1.165) is 30.6 Å². The smallest absolute Gasteiger partial charge is 0.243 e. The van der Waals surface area contributed by atoms with Gasteiger partial charge in [0.2, 0.25) is 10.0 Å². The lowest BCUT2D eigenvalue weighted by Crippen LogP contribution is -2.38. The zero-order chi connectivity index (χ0) is 13.3. The van der Waals surface area contributed by atoms with Gasteiger partial charge in [0.05, 0.1) is 4.90 Å². The number of nitrogens with one attached hydrogen (secondary N) is 1. The summed E-state index contributed by atoms with van der Waals surface area (Å²) in [7, 11) is -1.70. The van der Waals surface area contributed by atoms with Crippen LogP contribution in [0.1, 0.15) is 17.5 Å². The summed E-state index contributed by atoms with van der Waals surface area (Å²) in [4.78, 5) is 0.389. The van der Waals surface area contributed by atoms with Crippen LogP contribution in [0.3, 0.4) is 0 Å². The van der Waals surface area contributed by atoms with Crippen LogP contribution >= 0.6 is 0 Å². The summed E-state index contributed by atoms with van der Waals surface area (Å²) in [6, 6.07) is 5.37. The number of rotatable bonds is 3. The highest BCUT2D eigenvalue weighted by atomic mass is 32.2. The molecule has 1 aliphatic heterocycles. The molecule has 0 aliphatic carbocycles. The van der Waals surface area contributed by atoms with Crippen molar-refractivity contribution >= 4 is 10.0 Å². The summed E-state index contributed by atoms with van der Waals surface area (Å²) in [5.74, 6) is 0. The lowest BCUT2D eigenvalue weighted by Gasteiger charge is -2.23. The van der Waals surface area contributed by atoms with E-state index in [2.05, 4.69) is 5.32 Å². The Labute approximate surface area is 109 Å². The van der Waals surface area contributed by atoms with Crippen molar-refractivity contribution in [2.24, 2.45) is 0 Å². The molecule has 2 rings (SSSR count). The third-order valence-corrected chi connectivity index (χ3v) is 5.61. The number of hydrogen-bond donors (Lipinski definition) is 1. The highest BCUT2D eigenvalue weighted by molar-refractivity contribution is 7.89. The van der Waals surface area contributed by atoms with Crippen molar-refractivity contribution in [3.63, 3.8) is 0 Å². The summed E-state index contributed by atoms with van der Waals surface area (Å²) in [6.07, 6.45) is 0.876. The van der Waals surface area contributed by atoms with E-state index in [9.17, 15) is 8.42 Å². The highest BCUT2D eigenvalue weighted by Crippen LogP contribution is 2.21. The lowest BCUT2D eigenvalue weighted by atomic mass is 10.1. The van der Waals surface area contributed by atoms with Crippen LogP contribution in [0.5, 0.6) is 0 Å². The fraction of sp³-hybridized carbons (Fsp3) is 0.538. The van der Waals surface area contributed by atoms with Crippen LogP contribution in [0.2, 0.25) is 0 Å². The first kappa shape index (κ1) is 13.5. The summed E-state index contributed by atoms with van der Waals surface area (Å²) in [5.41, 5.74) is 2.12. The summed E-state index contributed by atoms with van der Waals surface area (Å²) in [6.45, 7) is 5.54. The zero-order valence-corrected chi connectivity index (χ0v) is 11.9. The minimum absolute atomic E-state index is 0.0663. The second-order valence-corrected chi connectivity index (χ2v) is 6.91. The van der Waals surface area contributed by atoms with Crippen LogP contribution in [0, 0.1) is 13.8 Å². The van der Waals surface area contributed by atoms with Crippen LogP contribution in [0.25, 0.3) is 0 Å². The molecule has 18 heavy (non-hydrogen) atoms. The molecular weight excluding hydrogens is 248 g/mol. The van der Waals surface area contributed by atoms with Gasteiger partial charge in [0.25, 0.3) is 0 Å². The van der Waals surface area contributed by atoms with E-state index in [0.29, 0.717) is 4.90 Å². The van der Waals surface area contributed by atoms with Crippen molar-refractivity contribution in [1.29, 1.82) is 0 Å². The van der Waals surface area contributed by atoms with Crippen molar-refractivity contribution < 1.29 is 8.42 Å². The van der Waals surface area contributed by atoms with Crippen molar-refractivity contribution in [3.05, 3.63) is 29.3 Å². The summed E-state index contributed by atoms with van der Waals surface area (Å²) >= 11 is 0. The van der Waals surface area contributed by atoms with Gasteiger partial charge in [-0.15, -0.1) is 0 Å². The van der Waals surface area contributed by atoms with Crippen molar-refractivity contribution in [2.45, 2.75) is 31.2 Å². The monoisotopic (exact) mass is 268 g/mol. The molecule has 0 saturated carbocycles. The Bertz CT molecular complexity index is 534. The Morgan fingerprint density at radius 2 is 2.00 bits per heavy atom. The van der Waals surface area contributed by atoms with Crippen LogP contribution in [-0.4, -0.2) is 38.9 Å². The zero-order valence-electron chi connectivity index (χ0n) is 11.1. The molecule has 1 saturated heterocycles. The highest BCUT2D eigenvalue weighted by Gasteiger charge is 2.29. The normalized spacial score (nSPS) is 20.6. The van der Waals surface area contributed by atoms with Crippen LogP contribution in [0.4, 0.5) is 0 Å². The molecule has 5 heteroatoms. The first-order valence-corrected chi connectivity index (χ1v) is 7.63. The van der Waals surface area contributed by atoms with Gasteiger partial charge in [0, 0.05) is 19.6 Å². The predicted octanol–water partition coefficient (Wildman–Crippen LogP) is 1.29. The van der Waals surface area contributed by atoms with Crippen LogP contribution < -0.4 is 5.32 Å². The minimum atomic E-state index is -3.37. The number of nitrogens with zero attached hydrogens (tertiary/aromatic N) is 1. The number of aryl methyl sites for hydroxylation is 2. The van der Waals surface area contributed by atoms with Gasteiger partial charge in [-0.05, 0) is 50.1 Å². The molecule has 1 heterocycles. The molecule has 1 aromatic carbocycles. The van der Waals surface area contributed by atoms with E-state index >= 15 is 0 Å². The topological polar surface area (TPSA) is 49.4 Å². The van der Waals surface area contributed by atoms with Crippen molar-refractivity contribution in [2.75, 3.05) is 20.1 Å². The molecule has 0 radical (unpaired) electrons. The number of sulfonamides is 1. The van der Waals surface area contributed by atoms with E-state index in [4.69, 9.17) is 0 Å². The molecule has 1 fully saturated rings. The lowest BCUT2D eigenvalue weighted by molar-refractivity contribution is 0.387. The van der Waals surface area contributed by atoms with Gasteiger partial charge in [-0.1, -0.05) is 6.07 Å². The molecule has 100 valence electrons. The Kier molecular flexibility index (Phi) is 3.75. The van der Waals surface area contributed by atoms with Gasteiger partial charge in [-0.2, -0.15) is 4.31 Å². The van der Waals surface area contributed by atoms with Gasteiger partial charge in [-0.25, -0.2) is 8.42 Å². The molecule has 0 spiro atoms. The fourth-order valence-corrected chi connectivity index (χ4v) is 3.66. The van der Waals surface area contributed by atoms with Crippen molar-refractivity contribution in [1.82, 2.24) is 9.62 Å². The number of likely N-dealkylation sites (N-methyl/N-ethyl adjacent to an activating group) is 1. The predicted molar refractivity (Wildman–Crippen MR) is 72.1 cm³/mol. The average molecular weight is 268 g/mol. The number of hydrogen-bond acceptors (Lipinski definition) is 3. The fourth-order valence-electron chi connectivity index (χ4n) is 2.19. The third kappa shape index (κ3) is 2.43. The third-order valence-electron chi connectivity index (χ3n) is 3.70. The molecule has 0 aromatic heterocycles. The van der Waals surface area contributed by atoms with Crippen molar-refractivity contribution in [3.8, 4) is 0 Å². The maximum Gasteiger partial charge on any atom is 0.243 e. The first-order valence-electron chi connectivity index (χ1n) is 6.19. The Morgan fingerprint density at radius 1 is 1.28 bits per heavy atom. The maximum atomic E-state index is 12.5. The molecule has 4 nitrogen and oxygen atoms in total. The molecule has 1 N–H and O–H groups in total. The van der Waals surface area contributed by atoms with Gasteiger partial charge < -0.3 is 5.32 Å². The average Bonchev–Trinajstić information content (AvgIpc) is 2.85. The van der Waals surface area contributed by atoms with Crippen LogP contribution in [-0.2, 0) is 10.0 Å². The van der Waals surface area contributed by atoms with E-state index in [-0.39, 0.29) is 6.04 Å². The van der Waals surface area contributed by atoms with Gasteiger partial charge >= 0.3 is 0 Å². The van der Waals surface area contributed by atoms with Gasteiger partial charge in [0.1, 0.15) is 0 Å². The van der Waals surface area contributed by atoms with Gasteiger partial charge in [-0.3, -0.25) is 0 Å². The standard InChI is InChI=1S/C13H20N2O2S/c1-10-4-5-13(8-11(10)2)18(16,17)15(3)12-6-7-14-9-12/h4-5,8,12,14H,6-7,9H2,1-3H3. The molecular formula is C13H20N2O2S.